The van der Waals surface area contributed by atoms with E-state index in [9.17, 15) is 9.18 Å². The van der Waals surface area contributed by atoms with Crippen molar-refractivity contribution in [2.24, 2.45) is 0 Å². The molecule has 0 unspecified atom stereocenters. The standard InChI is InChI=1S/C18H15FN2O3/c1-12-13(2)20-21(15-6-4-3-5-7-15)17(12)24-18(22)23-16-10-8-14(19)9-11-16/h3-11H,1-2H3. The lowest BCUT2D eigenvalue weighted by Crippen LogP contribution is -2.16. The van der Waals surface area contributed by atoms with Crippen LogP contribution in [0.15, 0.2) is 54.6 Å². The van der Waals surface area contributed by atoms with Gasteiger partial charge in [-0.05, 0) is 50.2 Å². The van der Waals surface area contributed by atoms with Crippen LogP contribution in [-0.4, -0.2) is 15.9 Å². The second-order valence-corrected chi connectivity index (χ2v) is 5.17. The van der Waals surface area contributed by atoms with Gasteiger partial charge in [-0.1, -0.05) is 18.2 Å². The lowest BCUT2D eigenvalue weighted by molar-refractivity contribution is 0.148. The average molecular weight is 326 g/mol. The number of carbonyl (C=O) groups is 1. The zero-order valence-corrected chi connectivity index (χ0v) is 13.2. The molecular formula is C18H15FN2O3. The summed E-state index contributed by atoms with van der Waals surface area (Å²) in [7, 11) is 0. The first-order valence-electron chi connectivity index (χ1n) is 7.31. The van der Waals surface area contributed by atoms with Crippen molar-refractivity contribution in [2.45, 2.75) is 13.8 Å². The van der Waals surface area contributed by atoms with Gasteiger partial charge in [0, 0.05) is 5.56 Å². The van der Waals surface area contributed by atoms with Gasteiger partial charge < -0.3 is 9.47 Å². The van der Waals surface area contributed by atoms with Crippen LogP contribution in [0.5, 0.6) is 11.6 Å². The molecule has 0 bridgehead atoms. The minimum Gasteiger partial charge on any atom is -0.395 e. The number of hydrogen-bond donors (Lipinski definition) is 0. The number of ether oxygens (including phenoxy) is 2. The zero-order chi connectivity index (χ0) is 17.1. The summed E-state index contributed by atoms with van der Waals surface area (Å²) < 4.78 is 24.8. The van der Waals surface area contributed by atoms with Gasteiger partial charge in [0.2, 0.25) is 5.88 Å². The van der Waals surface area contributed by atoms with Crippen LogP contribution in [-0.2, 0) is 0 Å². The highest BCUT2D eigenvalue weighted by molar-refractivity contribution is 5.67. The number of aromatic nitrogens is 2. The van der Waals surface area contributed by atoms with Crippen LogP contribution >= 0.6 is 0 Å². The number of nitrogens with zero attached hydrogens (tertiary/aromatic N) is 2. The molecule has 1 heterocycles. The Kier molecular flexibility index (Phi) is 4.29. The molecule has 122 valence electrons. The van der Waals surface area contributed by atoms with E-state index in [1.165, 1.54) is 28.9 Å². The fourth-order valence-electron chi connectivity index (χ4n) is 2.15. The zero-order valence-electron chi connectivity index (χ0n) is 13.2. The van der Waals surface area contributed by atoms with Crippen molar-refractivity contribution in [2.75, 3.05) is 0 Å². The fraction of sp³-hybridized carbons (Fsp3) is 0.111. The van der Waals surface area contributed by atoms with Crippen molar-refractivity contribution in [1.29, 1.82) is 0 Å². The summed E-state index contributed by atoms with van der Waals surface area (Å²) >= 11 is 0. The van der Waals surface area contributed by atoms with E-state index in [0.717, 1.165) is 16.9 Å². The molecule has 0 aliphatic carbocycles. The number of para-hydroxylation sites is 1. The lowest BCUT2D eigenvalue weighted by Gasteiger charge is -2.09. The molecule has 1 aromatic heterocycles. The summed E-state index contributed by atoms with van der Waals surface area (Å²) in [5.74, 6) is 0.0664. The Morgan fingerprint density at radius 1 is 1.00 bits per heavy atom. The Morgan fingerprint density at radius 3 is 2.33 bits per heavy atom. The number of rotatable bonds is 3. The van der Waals surface area contributed by atoms with E-state index in [2.05, 4.69) is 5.10 Å². The lowest BCUT2D eigenvalue weighted by atomic mass is 10.3. The van der Waals surface area contributed by atoms with Crippen LogP contribution in [0.3, 0.4) is 0 Å². The Labute approximate surface area is 138 Å². The van der Waals surface area contributed by atoms with Gasteiger partial charge in [-0.15, -0.1) is 0 Å². The molecule has 0 radical (unpaired) electrons. The van der Waals surface area contributed by atoms with E-state index < -0.39 is 12.0 Å². The van der Waals surface area contributed by atoms with Crippen molar-refractivity contribution in [1.82, 2.24) is 9.78 Å². The van der Waals surface area contributed by atoms with Crippen LogP contribution in [0.4, 0.5) is 9.18 Å². The quantitative estimate of drug-likeness (QED) is 0.534. The predicted molar refractivity (Wildman–Crippen MR) is 86.1 cm³/mol. The smallest absolute Gasteiger partial charge is 0.395 e. The summed E-state index contributed by atoms with van der Waals surface area (Å²) in [6.45, 7) is 3.63. The molecule has 0 fully saturated rings. The number of carbonyl (C=O) groups excluding carboxylic acids is 1. The minimum atomic E-state index is -0.915. The molecule has 0 atom stereocenters. The van der Waals surface area contributed by atoms with Gasteiger partial charge in [-0.3, -0.25) is 0 Å². The van der Waals surface area contributed by atoms with E-state index in [1.54, 1.807) is 0 Å². The Hall–Kier alpha value is -3.15. The van der Waals surface area contributed by atoms with Gasteiger partial charge in [0.05, 0.1) is 11.4 Å². The second-order valence-electron chi connectivity index (χ2n) is 5.17. The van der Waals surface area contributed by atoms with E-state index in [1.807, 2.05) is 44.2 Å². The normalized spacial score (nSPS) is 10.5. The topological polar surface area (TPSA) is 53.4 Å². The summed E-state index contributed by atoms with van der Waals surface area (Å²) in [6, 6.07) is 14.4. The third-order valence-electron chi connectivity index (χ3n) is 3.50. The highest BCUT2D eigenvalue weighted by Gasteiger charge is 2.19. The third kappa shape index (κ3) is 3.27. The molecule has 2 aromatic carbocycles. The van der Waals surface area contributed by atoms with Crippen LogP contribution in [0, 0.1) is 19.7 Å². The molecule has 5 nitrogen and oxygen atoms in total. The van der Waals surface area contributed by atoms with Crippen molar-refractivity contribution < 1.29 is 18.7 Å². The molecule has 0 amide bonds. The Balaban J connectivity index is 1.84. The average Bonchev–Trinajstić information content (AvgIpc) is 2.86. The Bertz CT molecular complexity index is 858. The SMILES string of the molecule is Cc1nn(-c2ccccc2)c(OC(=O)Oc2ccc(F)cc2)c1C. The number of hydrogen-bond acceptors (Lipinski definition) is 4. The van der Waals surface area contributed by atoms with Crippen molar-refractivity contribution in [3.8, 4) is 17.3 Å². The molecule has 6 heteroatoms. The maximum Gasteiger partial charge on any atom is 0.520 e. The summed E-state index contributed by atoms with van der Waals surface area (Å²) in [6.07, 6.45) is -0.915. The molecule has 3 aromatic rings. The van der Waals surface area contributed by atoms with Gasteiger partial charge in [-0.25, -0.2) is 13.9 Å². The summed E-state index contributed by atoms with van der Waals surface area (Å²) in [5, 5.41) is 4.39. The number of aryl methyl sites for hydroxylation is 1. The van der Waals surface area contributed by atoms with E-state index >= 15 is 0 Å². The van der Waals surface area contributed by atoms with Crippen LogP contribution in [0.1, 0.15) is 11.3 Å². The van der Waals surface area contributed by atoms with Gasteiger partial charge >= 0.3 is 6.16 Å². The van der Waals surface area contributed by atoms with E-state index in [-0.39, 0.29) is 11.6 Å². The number of halogens is 1. The molecule has 24 heavy (non-hydrogen) atoms. The van der Waals surface area contributed by atoms with Gasteiger partial charge in [0.1, 0.15) is 11.6 Å². The highest BCUT2D eigenvalue weighted by atomic mass is 19.1. The molecule has 3 rings (SSSR count). The molecule has 0 spiro atoms. The maximum atomic E-state index is 12.9. The Morgan fingerprint density at radius 2 is 1.67 bits per heavy atom. The van der Waals surface area contributed by atoms with Crippen LogP contribution < -0.4 is 9.47 Å². The molecular weight excluding hydrogens is 311 g/mol. The predicted octanol–water partition coefficient (Wildman–Crippen LogP) is 4.21. The van der Waals surface area contributed by atoms with Crippen LogP contribution in [0.25, 0.3) is 5.69 Å². The highest BCUT2D eigenvalue weighted by Crippen LogP contribution is 2.25. The number of benzene rings is 2. The fourth-order valence-corrected chi connectivity index (χ4v) is 2.15. The molecule has 0 aliphatic heterocycles. The van der Waals surface area contributed by atoms with Crippen molar-refractivity contribution >= 4 is 6.16 Å². The third-order valence-corrected chi connectivity index (χ3v) is 3.50. The first-order chi connectivity index (χ1) is 11.5. The summed E-state index contributed by atoms with van der Waals surface area (Å²) in [4.78, 5) is 12.0. The van der Waals surface area contributed by atoms with Gasteiger partial charge in [0.15, 0.2) is 0 Å². The van der Waals surface area contributed by atoms with Crippen molar-refractivity contribution in [3.05, 3.63) is 71.7 Å². The second kappa shape index (κ2) is 6.54. The maximum absolute atomic E-state index is 12.9. The molecule has 0 N–H and O–H groups in total. The molecule has 0 aliphatic rings. The minimum absolute atomic E-state index is 0.196. The summed E-state index contributed by atoms with van der Waals surface area (Å²) in [5.41, 5.74) is 2.23. The van der Waals surface area contributed by atoms with E-state index in [4.69, 9.17) is 9.47 Å². The van der Waals surface area contributed by atoms with Gasteiger partial charge in [0.25, 0.3) is 0 Å². The molecule has 0 saturated carbocycles. The first kappa shape index (κ1) is 15.7. The van der Waals surface area contributed by atoms with Crippen LogP contribution in [0.2, 0.25) is 0 Å². The van der Waals surface area contributed by atoms with Gasteiger partial charge in [-0.2, -0.15) is 5.10 Å². The van der Waals surface area contributed by atoms with E-state index in [0.29, 0.717) is 0 Å². The largest absolute Gasteiger partial charge is 0.520 e. The first-order valence-corrected chi connectivity index (χ1v) is 7.31. The molecule has 0 saturated heterocycles. The van der Waals surface area contributed by atoms with Crippen molar-refractivity contribution in [3.63, 3.8) is 0 Å². The monoisotopic (exact) mass is 326 g/mol.